The van der Waals surface area contributed by atoms with Crippen LogP contribution in [0.2, 0.25) is 0 Å². The van der Waals surface area contributed by atoms with Crippen LogP contribution in [0.3, 0.4) is 0 Å². The van der Waals surface area contributed by atoms with E-state index < -0.39 is 5.92 Å². The molecule has 0 bridgehead atoms. The molecule has 168 valence electrons. The Morgan fingerprint density at radius 2 is 1.79 bits per heavy atom. The Morgan fingerprint density at radius 3 is 2.48 bits per heavy atom. The van der Waals surface area contributed by atoms with Crippen molar-refractivity contribution in [3.63, 3.8) is 0 Å². The molecule has 0 aliphatic carbocycles. The van der Waals surface area contributed by atoms with Gasteiger partial charge in [0.15, 0.2) is 0 Å². The minimum absolute atomic E-state index is 0.0540. The number of hydrogen-bond donors (Lipinski definition) is 1. The molecule has 6 nitrogen and oxygen atoms in total. The largest absolute Gasteiger partial charge is 0.489 e. The standard InChI is InChI=1S/C26H24BrN3O3/c1-18-2-10-23(11-3-18)30-16-21(14-25(30)31)26(32)29-28-15-19-6-12-24(13-7-19)33-17-20-4-8-22(27)9-5-20/h2-13,15,21H,14,16-17H2,1H3,(H,29,32)/b28-15+/t21-/m1/s1. The predicted octanol–water partition coefficient (Wildman–Crippen LogP) is 4.84. The summed E-state index contributed by atoms with van der Waals surface area (Å²) in [5.74, 6) is 0.00970. The normalized spacial score (nSPS) is 15.8. The number of ether oxygens (including phenoxy) is 1. The number of halogens is 1. The molecule has 1 aliphatic heterocycles. The van der Waals surface area contributed by atoms with Gasteiger partial charge in [-0.25, -0.2) is 5.43 Å². The summed E-state index contributed by atoms with van der Waals surface area (Å²) in [5, 5.41) is 4.05. The molecule has 0 unspecified atom stereocenters. The van der Waals surface area contributed by atoms with Crippen LogP contribution in [-0.2, 0) is 16.2 Å². The quantitative estimate of drug-likeness (QED) is 0.368. The van der Waals surface area contributed by atoms with Crippen LogP contribution in [0.25, 0.3) is 0 Å². The zero-order valence-electron chi connectivity index (χ0n) is 18.2. The fourth-order valence-corrected chi connectivity index (χ4v) is 3.78. The van der Waals surface area contributed by atoms with E-state index in [0.717, 1.165) is 32.6 Å². The molecule has 33 heavy (non-hydrogen) atoms. The topological polar surface area (TPSA) is 71.0 Å². The van der Waals surface area contributed by atoms with Crippen LogP contribution in [0.15, 0.2) is 82.4 Å². The van der Waals surface area contributed by atoms with Crippen LogP contribution in [-0.4, -0.2) is 24.6 Å². The first kappa shape index (κ1) is 22.7. The molecule has 7 heteroatoms. The summed E-state index contributed by atoms with van der Waals surface area (Å²) in [6.45, 7) is 2.83. The Balaban J connectivity index is 1.26. The van der Waals surface area contributed by atoms with Crippen molar-refractivity contribution < 1.29 is 14.3 Å². The van der Waals surface area contributed by atoms with Crippen molar-refractivity contribution in [2.75, 3.05) is 11.4 Å². The smallest absolute Gasteiger partial charge is 0.245 e. The summed E-state index contributed by atoms with van der Waals surface area (Å²) in [4.78, 5) is 26.5. The molecule has 1 saturated heterocycles. The number of nitrogens with one attached hydrogen (secondary N) is 1. The summed E-state index contributed by atoms with van der Waals surface area (Å²) >= 11 is 3.42. The number of hydrazone groups is 1. The molecule has 4 rings (SSSR count). The van der Waals surface area contributed by atoms with E-state index in [1.54, 1.807) is 11.1 Å². The lowest BCUT2D eigenvalue weighted by Crippen LogP contribution is -2.30. The van der Waals surface area contributed by atoms with Crippen LogP contribution in [0.4, 0.5) is 5.69 Å². The second-order valence-corrected chi connectivity index (χ2v) is 8.88. The zero-order valence-corrected chi connectivity index (χ0v) is 19.8. The first-order chi connectivity index (χ1) is 16.0. The van der Waals surface area contributed by atoms with Gasteiger partial charge in [-0.3, -0.25) is 9.59 Å². The SMILES string of the molecule is Cc1ccc(N2C[C@H](C(=O)N/N=C/c3ccc(OCc4ccc(Br)cc4)cc3)CC2=O)cc1. The predicted molar refractivity (Wildman–Crippen MR) is 132 cm³/mol. The van der Waals surface area contributed by atoms with Crippen LogP contribution >= 0.6 is 15.9 Å². The first-order valence-electron chi connectivity index (χ1n) is 10.7. The summed E-state index contributed by atoms with van der Waals surface area (Å²) in [6, 6.07) is 23.1. The van der Waals surface area contributed by atoms with Crippen molar-refractivity contribution in [3.8, 4) is 5.75 Å². The summed E-state index contributed by atoms with van der Waals surface area (Å²) in [7, 11) is 0. The molecule has 1 N–H and O–H groups in total. The number of rotatable bonds is 7. The Hall–Kier alpha value is -3.45. The van der Waals surface area contributed by atoms with Crippen molar-refractivity contribution in [1.29, 1.82) is 0 Å². The lowest BCUT2D eigenvalue weighted by molar-refractivity contribution is -0.126. The molecule has 0 spiro atoms. The molecular formula is C26H24BrN3O3. The van der Waals surface area contributed by atoms with Gasteiger partial charge in [0.1, 0.15) is 12.4 Å². The number of carbonyl (C=O) groups excluding carboxylic acids is 2. The monoisotopic (exact) mass is 505 g/mol. The van der Waals surface area contributed by atoms with Crippen molar-refractivity contribution in [2.24, 2.45) is 11.0 Å². The van der Waals surface area contributed by atoms with Crippen molar-refractivity contribution in [1.82, 2.24) is 5.43 Å². The number of amides is 2. The molecule has 3 aromatic rings. The third-order valence-electron chi connectivity index (χ3n) is 5.43. The van der Waals surface area contributed by atoms with Crippen molar-refractivity contribution in [2.45, 2.75) is 20.0 Å². The Labute approximate surface area is 201 Å². The Morgan fingerprint density at radius 1 is 1.09 bits per heavy atom. The highest BCUT2D eigenvalue weighted by molar-refractivity contribution is 9.10. The number of benzene rings is 3. The summed E-state index contributed by atoms with van der Waals surface area (Å²) in [5.41, 5.74) is 6.40. The van der Waals surface area contributed by atoms with Crippen molar-refractivity contribution in [3.05, 3.63) is 94.0 Å². The van der Waals surface area contributed by atoms with E-state index in [-0.39, 0.29) is 18.2 Å². The average molecular weight is 506 g/mol. The number of carbonyl (C=O) groups is 2. The van der Waals surface area contributed by atoms with Gasteiger partial charge in [0.05, 0.1) is 12.1 Å². The van der Waals surface area contributed by atoms with Gasteiger partial charge in [0.2, 0.25) is 11.8 Å². The van der Waals surface area contributed by atoms with E-state index in [1.165, 1.54) is 0 Å². The highest BCUT2D eigenvalue weighted by Crippen LogP contribution is 2.25. The number of hydrogen-bond acceptors (Lipinski definition) is 4. The summed E-state index contributed by atoms with van der Waals surface area (Å²) < 4.78 is 6.83. The van der Waals surface area contributed by atoms with Gasteiger partial charge in [-0.1, -0.05) is 45.8 Å². The highest BCUT2D eigenvalue weighted by atomic mass is 79.9. The minimum atomic E-state index is -0.426. The Bertz CT molecular complexity index is 1140. The van der Waals surface area contributed by atoms with E-state index >= 15 is 0 Å². The van der Waals surface area contributed by atoms with E-state index in [1.807, 2.05) is 79.7 Å². The second-order valence-electron chi connectivity index (χ2n) is 7.96. The third kappa shape index (κ3) is 6.08. The minimum Gasteiger partial charge on any atom is -0.489 e. The zero-order chi connectivity index (χ0) is 23.2. The number of anilines is 1. The van der Waals surface area contributed by atoms with Crippen LogP contribution in [0.1, 0.15) is 23.1 Å². The van der Waals surface area contributed by atoms with E-state index in [0.29, 0.717) is 13.2 Å². The van der Waals surface area contributed by atoms with Gasteiger partial charge in [0.25, 0.3) is 0 Å². The number of nitrogens with zero attached hydrogens (tertiary/aromatic N) is 2. The number of aryl methyl sites for hydroxylation is 1. The maximum Gasteiger partial charge on any atom is 0.245 e. The molecule has 3 aromatic carbocycles. The molecule has 1 heterocycles. The van der Waals surface area contributed by atoms with E-state index in [2.05, 4.69) is 26.5 Å². The van der Waals surface area contributed by atoms with Gasteiger partial charge in [-0.15, -0.1) is 0 Å². The van der Waals surface area contributed by atoms with Crippen LogP contribution < -0.4 is 15.1 Å². The van der Waals surface area contributed by atoms with Gasteiger partial charge in [0, 0.05) is 23.1 Å². The van der Waals surface area contributed by atoms with Gasteiger partial charge >= 0.3 is 0 Å². The fourth-order valence-electron chi connectivity index (χ4n) is 3.52. The Kier molecular flexibility index (Phi) is 7.19. The average Bonchev–Trinajstić information content (AvgIpc) is 3.22. The van der Waals surface area contributed by atoms with Gasteiger partial charge in [-0.2, -0.15) is 5.10 Å². The third-order valence-corrected chi connectivity index (χ3v) is 5.96. The maximum atomic E-state index is 12.5. The van der Waals surface area contributed by atoms with E-state index in [9.17, 15) is 9.59 Å². The molecule has 0 aromatic heterocycles. The van der Waals surface area contributed by atoms with Gasteiger partial charge in [-0.05, 0) is 66.6 Å². The first-order valence-corrected chi connectivity index (χ1v) is 11.4. The molecule has 2 amide bonds. The molecular weight excluding hydrogens is 482 g/mol. The molecule has 1 atom stereocenters. The maximum absolute atomic E-state index is 12.5. The fraction of sp³-hybridized carbons (Fsp3) is 0.192. The molecule has 0 saturated carbocycles. The van der Waals surface area contributed by atoms with Crippen LogP contribution in [0.5, 0.6) is 5.75 Å². The molecule has 1 fully saturated rings. The second kappa shape index (κ2) is 10.4. The van der Waals surface area contributed by atoms with Gasteiger partial charge < -0.3 is 9.64 Å². The lowest BCUT2D eigenvalue weighted by Gasteiger charge is -2.16. The van der Waals surface area contributed by atoms with E-state index in [4.69, 9.17) is 4.74 Å². The molecule has 0 radical (unpaired) electrons. The highest BCUT2D eigenvalue weighted by Gasteiger charge is 2.35. The van der Waals surface area contributed by atoms with Crippen LogP contribution in [0, 0.1) is 12.8 Å². The summed E-state index contributed by atoms with van der Waals surface area (Å²) in [6.07, 6.45) is 1.75. The lowest BCUT2D eigenvalue weighted by atomic mass is 10.1. The van der Waals surface area contributed by atoms with Crippen molar-refractivity contribution >= 4 is 39.6 Å². The molecule has 1 aliphatic rings.